The molecule has 0 bridgehead atoms. The topological polar surface area (TPSA) is 0 Å². The van der Waals surface area contributed by atoms with Crippen molar-refractivity contribution in [2.24, 2.45) is 0 Å². The van der Waals surface area contributed by atoms with Crippen molar-refractivity contribution >= 4 is 31.1 Å². The van der Waals surface area contributed by atoms with E-state index < -0.39 is 6.95 Å². The van der Waals surface area contributed by atoms with Gasteiger partial charge in [-0.25, -0.2) is 0 Å². The second-order valence-corrected chi connectivity index (χ2v) is 13.0. The first kappa shape index (κ1) is 15.4. The van der Waals surface area contributed by atoms with Crippen LogP contribution in [0.15, 0.2) is 91.0 Å². The third kappa shape index (κ3) is 2.87. The number of benzene rings is 3. The molecule has 0 saturated heterocycles. The first-order valence-corrected chi connectivity index (χ1v) is 12.0. The van der Waals surface area contributed by atoms with Crippen LogP contribution in [0.2, 0.25) is 0 Å². The molecule has 3 aromatic rings. The fourth-order valence-corrected chi connectivity index (χ4v) is 12.3. The Bertz CT molecular complexity index is 597. The van der Waals surface area contributed by atoms with Gasteiger partial charge in [0, 0.05) is 0 Å². The summed E-state index contributed by atoms with van der Waals surface area (Å²) in [5.74, 6) is 0. The zero-order valence-electron chi connectivity index (χ0n) is 12.9. The van der Waals surface area contributed by atoms with Crippen LogP contribution in [-0.2, 0) is 0 Å². The van der Waals surface area contributed by atoms with Gasteiger partial charge in [-0.3, -0.25) is 0 Å². The Morgan fingerprint density at radius 1 is 0.591 bits per heavy atom. The summed E-state index contributed by atoms with van der Waals surface area (Å²) in [6, 6.07) is 33.4. The van der Waals surface area contributed by atoms with Gasteiger partial charge >= 0.3 is 135 Å². The molecule has 0 aromatic heterocycles. The van der Waals surface area contributed by atoms with Crippen molar-refractivity contribution in [2.75, 3.05) is 6.16 Å². The number of rotatable bonds is 5. The number of hydrogen-bond donors (Lipinski definition) is 0. The zero-order valence-corrected chi connectivity index (χ0v) is 14.9. The summed E-state index contributed by atoms with van der Waals surface area (Å²) < 4.78 is 0. The SMILES string of the molecule is CCP[PH](c1ccccc1)(c1ccccc1)c1ccccc1. The maximum atomic E-state index is 2.33. The van der Waals surface area contributed by atoms with Gasteiger partial charge in [-0.1, -0.05) is 0 Å². The Morgan fingerprint density at radius 2 is 0.909 bits per heavy atom. The summed E-state index contributed by atoms with van der Waals surface area (Å²) in [6.45, 7) is 0.418. The Balaban J connectivity index is 2.29. The molecule has 112 valence electrons. The fraction of sp³-hybridized carbons (Fsp3) is 0.100. The van der Waals surface area contributed by atoms with E-state index in [1.165, 1.54) is 22.1 Å². The second-order valence-electron chi connectivity index (χ2n) is 5.38. The Morgan fingerprint density at radius 3 is 1.18 bits per heavy atom. The number of hydrogen-bond acceptors (Lipinski definition) is 0. The van der Waals surface area contributed by atoms with Crippen molar-refractivity contribution in [3.05, 3.63) is 91.0 Å². The molecule has 0 aliphatic heterocycles. The third-order valence-electron chi connectivity index (χ3n) is 4.06. The normalized spacial score (nSPS) is 12.6. The summed E-state index contributed by atoms with van der Waals surface area (Å²) in [7, 11) is 0.947. The molecule has 0 amide bonds. The Kier molecular flexibility index (Phi) is 5.04. The minimum atomic E-state index is -1.90. The molecule has 0 nitrogen and oxygen atoms in total. The summed E-state index contributed by atoms with van der Waals surface area (Å²) >= 11 is 0. The van der Waals surface area contributed by atoms with Crippen LogP contribution in [0.5, 0.6) is 0 Å². The second kappa shape index (κ2) is 7.19. The minimum absolute atomic E-state index is 0.947. The first-order chi connectivity index (χ1) is 10.9. The molecule has 0 heterocycles. The molecule has 3 rings (SSSR count). The van der Waals surface area contributed by atoms with Crippen molar-refractivity contribution < 1.29 is 0 Å². The molecule has 1 atom stereocenters. The third-order valence-corrected chi connectivity index (χ3v) is 13.8. The summed E-state index contributed by atoms with van der Waals surface area (Å²) in [5.41, 5.74) is 0. The molecule has 0 N–H and O–H groups in total. The van der Waals surface area contributed by atoms with E-state index >= 15 is 0 Å². The molecule has 1 unspecified atom stereocenters. The van der Waals surface area contributed by atoms with Gasteiger partial charge in [-0.15, -0.1) is 0 Å². The summed E-state index contributed by atoms with van der Waals surface area (Å²) in [4.78, 5) is 0. The quantitative estimate of drug-likeness (QED) is 0.613. The van der Waals surface area contributed by atoms with E-state index in [0.717, 1.165) is 8.27 Å². The molecule has 22 heavy (non-hydrogen) atoms. The van der Waals surface area contributed by atoms with E-state index in [9.17, 15) is 0 Å². The predicted octanol–water partition coefficient (Wildman–Crippen LogP) is 4.33. The molecule has 0 aliphatic carbocycles. The molecule has 3 aromatic carbocycles. The van der Waals surface area contributed by atoms with Crippen molar-refractivity contribution in [1.82, 2.24) is 0 Å². The van der Waals surface area contributed by atoms with Crippen LogP contribution in [0, 0.1) is 0 Å². The summed E-state index contributed by atoms with van der Waals surface area (Å²) in [6.07, 6.45) is 1.23. The molecule has 0 saturated carbocycles. The standard InChI is InChI=1S/C20H22P2/c1-2-21-22(18-12-6-3-7-13-18,19-14-8-4-9-15-19)20-16-10-5-11-17-20/h3-17,21-22H,2H2,1H3. The van der Waals surface area contributed by atoms with Crippen LogP contribution >= 0.6 is 15.2 Å². The van der Waals surface area contributed by atoms with Crippen LogP contribution in [-0.4, -0.2) is 6.16 Å². The zero-order chi connectivity index (χ0) is 15.3. The Hall–Kier alpha value is -1.48. The van der Waals surface area contributed by atoms with Gasteiger partial charge in [-0.05, 0) is 0 Å². The molecular formula is C20H22P2. The van der Waals surface area contributed by atoms with Gasteiger partial charge in [-0.2, -0.15) is 0 Å². The summed E-state index contributed by atoms with van der Waals surface area (Å²) in [5, 5.41) is 4.56. The van der Waals surface area contributed by atoms with E-state index in [4.69, 9.17) is 0 Å². The molecule has 0 fully saturated rings. The van der Waals surface area contributed by atoms with E-state index in [1.807, 2.05) is 0 Å². The van der Waals surface area contributed by atoms with E-state index in [0.29, 0.717) is 0 Å². The van der Waals surface area contributed by atoms with E-state index in [2.05, 4.69) is 97.9 Å². The van der Waals surface area contributed by atoms with Gasteiger partial charge in [0.1, 0.15) is 0 Å². The molecular weight excluding hydrogens is 302 g/mol. The average molecular weight is 324 g/mol. The van der Waals surface area contributed by atoms with E-state index in [1.54, 1.807) is 0 Å². The van der Waals surface area contributed by atoms with Gasteiger partial charge in [0.05, 0.1) is 0 Å². The van der Waals surface area contributed by atoms with Crippen molar-refractivity contribution in [1.29, 1.82) is 0 Å². The predicted molar refractivity (Wildman–Crippen MR) is 105 cm³/mol. The first-order valence-electron chi connectivity index (χ1n) is 7.79. The Labute approximate surface area is 135 Å². The van der Waals surface area contributed by atoms with Crippen LogP contribution < -0.4 is 15.9 Å². The van der Waals surface area contributed by atoms with Crippen LogP contribution in [0.1, 0.15) is 6.92 Å². The van der Waals surface area contributed by atoms with Crippen molar-refractivity contribution in [3.63, 3.8) is 0 Å². The fourth-order valence-electron chi connectivity index (χ4n) is 3.14. The van der Waals surface area contributed by atoms with Gasteiger partial charge in [0.25, 0.3) is 0 Å². The molecule has 0 spiro atoms. The van der Waals surface area contributed by atoms with Gasteiger partial charge in [0.15, 0.2) is 0 Å². The molecule has 2 heteroatoms. The maximum absolute atomic E-state index is 2.33. The molecule has 0 radical (unpaired) electrons. The van der Waals surface area contributed by atoms with Gasteiger partial charge in [0.2, 0.25) is 0 Å². The van der Waals surface area contributed by atoms with Gasteiger partial charge < -0.3 is 0 Å². The van der Waals surface area contributed by atoms with E-state index in [-0.39, 0.29) is 0 Å². The molecule has 0 aliphatic rings. The average Bonchev–Trinajstić information content (AvgIpc) is 2.62. The monoisotopic (exact) mass is 324 g/mol. The van der Waals surface area contributed by atoms with Crippen LogP contribution in [0.4, 0.5) is 0 Å². The van der Waals surface area contributed by atoms with Crippen molar-refractivity contribution in [2.45, 2.75) is 6.92 Å². The van der Waals surface area contributed by atoms with Crippen molar-refractivity contribution in [3.8, 4) is 0 Å². The van der Waals surface area contributed by atoms with Crippen LogP contribution in [0.3, 0.4) is 0 Å². The van der Waals surface area contributed by atoms with Crippen LogP contribution in [0.25, 0.3) is 0 Å².